The summed E-state index contributed by atoms with van der Waals surface area (Å²) in [5.41, 5.74) is 0.985. The van der Waals surface area contributed by atoms with E-state index in [1.54, 1.807) is 12.3 Å². The van der Waals surface area contributed by atoms with Gasteiger partial charge in [-0.15, -0.1) is 0 Å². The largest absolute Gasteiger partial charge is 0.441 e. The molecule has 0 aliphatic rings. The van der Waals surface area contributed by atoms with Gasteiger partial charge in [0.1, 0.15) is 0 Å². The van der Waals surface area contributed by atoms with Crippen LogP contribution in [0.3, 0.4) is 0 Å². The van der Waals surface area contributed by atoms with Crippen LogP contribution in [0.2, 0.25) is 10.0 Å². The molecule has 0 unspecified atom stereocenters. The number of oxazole rings is 1. The molecular formula is C16H20Cl2N2O. The molecule has 0 aliphatic heterocycles. The van der Waals surface area contributed by atoms with E-state index in [1.807, 2.05) is 12.1 Å². The maximum atomic E-state index is 6.00. The number of benzene rings is 1. The molecule has 0 saturated carbocycles. The molecule has 0 bridgehead atoms. The van der Waals surface area contributed by atoms with Gasteiger partial charge in [-0.1, -0.05) is 23.2 Å². The number of aryl methyl sites for hydroxylation is 1. The van der Waals surface area contributed by atoms with Gasteiger partial charge >= 0.3 is 0 Å². The zero-order chi connectivity index (χ0) is 15.5. The molecule has 0 saturated heterocycles. The molecule has 0 fully saturated rings. The molecule has 0 atom stereocenters. The number of hydrogen-bond acceptors (Lipinski definition) is 3. The van der Waals surface area contributed by atoms with Crippen LogP contribution in [0, 0.1) is 0 Å². The fourth-order valence-electron chi connectivity index (χ4n) is 1.96. The summed E-state index contributed by atoms with van der Waals surface area (Å²) in [6.07, 6.45) is 3.50. The van der Waals surface area contributed by atoms with Gasteiger partial charge in [0.15, 0.2) is 11.7 Å². The Morgan fingerprint density at radius 1 is 1.14 bits per heavy atom. The van der Waals surface area contributed by atoms with Gasteiger partial charge in [0.05, 0.1) is 6.20 Å². The molecule has 5 heteroatoms. The molecule has 0 aliphatic carbocycles. The van der Waals surface area contributed by atoms with Gasteiger partial charge in [-0.2, -0.15) is 0 Å². The van der Waals surface area contributed by atoms with Gasteiger partial charge in [0, 0.05) is 27.6 Å². The molecule has 1 aromatic carbocycles. The Balaban J connectivity index is 1.95. The molecule has 2 aromatic rings. The standard InChI is InChI=1S/C16H20Cl2N2O/c1-16(2,3)20-6-4-5-15-19-10-14(21-15)11-7-12(17)9-13(18)8-11/h7-10,20H,4-6H2,1-3H3. The van der Waals surface area contributed by atoms with Crippen LogP contribution in [0.5, 0.6) is 0 Å². The summed E-state index contributed by atoms with van der Waals surface area (Å²) in [6.45, 7) is 7.39. The first-order valence-electron chi connectivity index (χ1n) is 7.00. The van der Waals surface area contributed by atoms with Crippen LogP contribution in [0.15, 0.2) is 28.8 Å². The van der Waals surface area contributed by atoms with Crippen molar-refractivity contribution in [3.8, 4) is 11.3 Å². The second-order valence-electron chi connectivity index (χ2n) is 6.06. The fraction of sp³-hybridized carbons (Fsp3) is 0.438. The number of halogens is 2. The second kappa shape index (κ2) is 6.82. The van der Waals surface area contributed by atoms with Crippen molar-refractivity contribution in [2.45, 2.75) is 39.2 Å². The minimum Gasteiger partial charge on any atom is -0.441 e. The van der Waals surface area contributed by atoms with Crippen molar-refractivity contribution in [1.29, 1.82) is 0 Å². The summed E-state index contributed by atoms with van der Waals surface area (Å²) in [4.78, 5) is 4.31. The molecule has 1 aromatic heterocycles. The lowest BCUT2D eigenvalue weighted by molar-refractivity contribution is 0.412. The van der Waals surface area contributed by atoms with Crippen LogP contribution < -0.4 is 5.32 Å². The molecule has 0 amide bonds. The molecule has 0 spiro atoms. The van der Waals surface area contributed by atoms with Crippen molar-refractivity contribution < 1.29 is 4.42 Å². The third-order valence-corrected chi connectivity index (χ3v) is 3.36. The third-order valence-electron chi connectivity index (χ3n) is 2.92. The van der Waals surface area contributed by atoms with E-state index in [0.717, 1.165) is 30.8 Å². The predicted octanol–water partition coefficient (Wildman–Crippen LogP) is 4.97. The summed E-state index contributed by atoms with van der Waals surface area (Å²) in [5, 5.41) is 4.62. The van der Waals surface area contributed by atoms with Crippen molar-refractivity contribution in [2.24, 2.45) is 0 Å². The molecule has 114 valence electrons. The van der Waals surface area contributed by atoms with E-state index >= 15 is 0 Å². The Morgan fingerprint density at radius 2 is 1.81 bits per heavy atom. The third kappa shape index (κ3) is 5.34. The Hall–Kier alpha value is -1.03. The van der Waals surface area contributed by atoms with Crippen LogP contribution >= 0.6 is 23.2 Å². The first kappa shape index (κ1) is 16.3. The maximum absolute atomic E-state index is 6.00. The second-order valence-corrected chi connectivity index (χ2v) is 6.93. The predicted molar refractivity (Wildman–Crippen MR) is 88.0 cm³/mol. The average molecular weight is 327 g/mol. The van der Waals surface area contributed by atoms with E-state index in [1.165, 1.54) is 0 Å². The Labute approximate surface area is 135 Å². The normalized spacial score (nSPS) is 11.9. The highest BCUT2D eigenvalue weighted by Crippen LogP contribution is 2.27. The van der Waals surface area contributed by atoms with Gasteiger partial charge in [-0.05, 0) is 51.9 Å². The maximum Gasteiger partial charge on any atom is 0.194 e. The SMILES string of the molecule is CC(C)(C)NCCCc1ncc(-c2cc(Cl)cc(Cl)c2)o1. The van der Waals surface area contributed by atoms with E-state index in [-0.39, 0.29) is 5.54 Å². The van der Waals surface area contributed by atoms with E-state index in [4.69, 9.17) is 27.6 Å². The first-order chi connectivity index (χ1) is 9.83. The van der Waals surface area contributed by atoms with Gasteiger partial charge < -0.3 is 9.73 Å². The topological polar surface area (TPSA) is 38.1 Å². The minimum atomic E-state index is 0.138. The zero-order valence-electron chi connectivity index (χ0n) is 12.5. The van der Waals surface area contributed by atoms with Crippen molar-refractivity contribution in [1.82, 2.24) is 10.3 Å². The fourth-order valence-corrected chi connectivity index (χ4v) is 2.48. The number of nitrogens with zero attached hydrogens (tertiary/aromatic N) is 1. The zero-order valence-corrected chi connectivity index (χ0v) is 14.1. The van der Waals surface area contributed by atoms with E-state index in [9.17, 15) is 0 Å². The minimum absolute atomic E-state index is 0.138. The lowest BCUT2D eigenvalue weighted by Gasteiger charge is -2.19. The van der Waals surface area contributed by atoms with Crippen LogP contribution in [0.25, 0.3) is 11.3 Å². The highest BCUT2D eigenvalue weighted by molar-refractivity contribution is 6.35. The van der Waals surface area contributed by atoms with Crippen LogP contribution in [-0.2, 0) is 6.42 Å². The van der Waals surface area contributed by atoms with Crippen LogP contribution in [-0.4, -0.2) is 17.1 Å². The number of rotatable bonds is 5. The van der Waals surface area contributed by atoms with Crippen LogP contribution in [0.1, 0.15) is 33.1 Å². The van der Waals surface area contributed by atoms with Crippen molar-refractivity contribution in [3.63, 3.8) is 0 Å². The molecule has 2 rings (SSSR count). The summed E-state index contributed by atoms with van der Waals surface area (Å²) < 4.78 is 5.76. The highest BCUT2D eigenvalue weighted by atomic mass is 35.5. The van der Waals surface area contributed by atoms with E-state index < -0.39 is 0 Å². The molecule has 1 heterocycles. The number of nitrogens with one attached hydrogen (secondary N) is 1. The smallest absolute Gasteiger partial charge is 0.194 e. The number of hydrogen-bond donors (Lipinski definition) is 1. The van der Waals surface area contributed by atoms with Crippen molar-refractivity contribution in [3.05, 3.63) is 40.3 Å². The molecule has 1 N–H and O–H groups in total. The molecule has 3 nitrogen and oxygen atoms in total. The molecule has 0 radical (unpaired) electrons. The van der Waals surface area contributed by atoms with E-state index in [0.29, 0.717) is 15.8 Å². The summed E-state index contributed by atoms with van der Waals surface area (Å²) in [7, 11) is 0. The summed E-state index contributed by atoms with van der Waals surface area (Å²) in [6, 6.07) is 5.33. The van der Waals surface area contributed by atoms with Crippen molar-refractivity contribution in [2.75, 3.05) is 6.54 Å². The Bertz CT molecular complexity index is 582. The lowest BCUT2D eigenvalue weighted by Crippen LogP contribution is -2.36. The molecule has 21 heavy (non-hydrogen) atoms. The summed E-state index contributed by atoms with van der Waals surface area (Å²) >= 11 is 12.0. The lowest BCUT2D eigenvalue weighted by atomic mass is 10.1. The molecular weight excluding hydrogens is 307 g/mol. The average Bonchev–Trinajstić information content (AvgIpc) is 2.81. The van der Waals surface area contributed by atoms with Gasteiger partial charge in [-0.3, -0.25) is 0 Å². The highest BCUT2D eigenvalue weighted by Gasteiger charge is 2.10. The number of aromatic nitrogens is 1. The van der Waals surface area contributed by atoms with Gasteiger partial charge in [-0.25, -0.2) is 4.98 Å². The van der Waals surface area contributed by atoms with Gasteiger partial charge in [0.2, 0.25) is 0 Å². The quantitative estimate of drug-likeness (QED) is 0.788. The van der Waals surface area contributed by atoms with Crippen LogP contribution in [0.4, 0.5) is 0 Å². The van der Waals surface area contributed by atoms with E-state index in [2.05, 4.69) is 31.1 Å². The first-order valence-corrected chi connectivity index (χ1v) is 7.75. The van der Waals surface area contributed by atoms with Crippen molar-refractivity contribution >= 4 is 23.2 Å². The Kier molecular flexibility index (Phi) is 5.31. The van der Waals surface area contributed by atoms with Gasteiger partial charge in [0.25, 0.3) is 0 Å². The summed E-state index contributed by atoms with van der Waals surface area (Å²) in [5.74, 6) is 1.43. The monoisotopic (exact) mass is 326 g/mol. The Morgan fingerprint density at radius 3 is 2.43 bits per heavy atom.